The van der Waals surface area contributed by atoms with Crippen LogP contribution in [0.4, 0.5) is 0 Å². The number of piperidine rings is 1. The zero-order valence-corrected chi connectivity index (χ0v) is 24.5. The normalized spacial score (nSPS) is 27.7. The highest BCUT2D eigenvalue weighted by Gasteiger charge is 2.52. The molecule has 0 aromatic heterocycles. The average molecular weight is 549 g/mol. The van der Waals surface area contributed by atoms with Gasteiger partial charge in [-0.05, 0) is 63.7 Å². The Morgan fingerprint density at radius 3 is 2.33 bits per heavy atom. The first-order chi connectivity index (χ1) is 19.2. The number of benzene rings is 2. The van der Waals surface area contributed by atoms with E-state index in [1.807, 2.05) is 50.2 Å². The quantitative estimate of drug-likeness (QED) is 0.409. The van der Waals surface area contributed by atoms with Gasteiger partial charge >= 0.3 is 11.9 Å². The molecule has 0 saturated carbocycles. The summed E-state index contributed by atoms with van der Waals surface area (Å²) in [6.07, 6.45) is 5.47. The number of ether oxygens (including phenoxy) is 2. The smallest absolute Gasteiger partial charge is 0.333 e. The van der Waals surface area contributed by atoms with Crippen molar-refractivity contribution in [3.05, 3.63) is 76.5 Å². The van der Waals surface area contributed by atoms with Crippen molar-refractivity contribution in [3.63, 3.8) is 0 Å². The van der Waals surface area contributed by atoms with Crippen LogP contribution in [0.25, 0.3) is 0 Å². The fraction of sp³-hybridized carbons (Fsp3) is 0.515. The third kappa shape index (κ3) is 6.04. The van der Waals surface area contributed by atoms with Crippen molar-refractivity contribution < 1.29 is 24.2 Å². The van der Waals surface area contributed by atoms with E-state index in [4.69, 9.17) is 9.47 Å². The Morgan fingerprint density at radius 1 is 1.07 bits per heavy atom. The van der Waals surface area contributed by atoms with E-state index >= 15 is 0 Å². The van der Waals surface area contributed by atoms with Crippen LogP contribution in [0.5, 0.6) is 5.75 Å². The molecule has 2 aromatic carbocycles. The summed E-state index contributed by atoms with van der Waals surface area (Å²) in [7, 11) is 1.35. The fourth-order valence-corrected chi connectivity index (χ4v) is 6.49. The van der Waals surface area contributed by atoms with E-state index in [1.54, 1.807) is 6.92 Å². The highest BCUT2D eigenvalue weighted by molar-refractivity contribution is 5.92. The molecule has 5 atom stereocenters. The van der Waals surface area contributed by atoms with E-state index in [9.17, 15) is 14.7 Å². The molecule has 0 amide bonds. The molecule has 0 aliphatic carbocycles. The van der Waals surface area contributed by atoms with Crippen molar-refractivity contribution in [2.24, 2.45) is 11.8 Å². The third-order valence-corrected chi connectivity index (χ3v) is 8.73. The number of hydrogen-bond acceptors (Lipinski definition) is 6. The van der Waals surface area contributed by atoms with Crippen molar-refractivity contribution in [1.29, 1.82) is 0 Å². The SMILES string of the molecule is C1CCNCC1.CCC1(C)NC(C)=C(C(=O)O)C(c2cccc3c2OC(c2ccccc2)C(C)C3)C1C(=O)OC. The maximum Gasteiger partial charge on any atom is 0.333 e. The summed E-state index contributed by atoms with van der Waals surface area (Å²) in [6.45, 7) is 10.4. The van der Waals surface area contributed by atoms with Crippen LogP contribution < -0.4 is 15.4 Å². The summed E-state index contributed by atoms with van der Waals surface area (Å²) in [5, 5.41) is 16.8. The molecule has 40 heavy (non-hydrogen) atoms. The number of para-hydroxylation sites is 1. The topological polar surface area (TPSA) is 96.9 Å². The van der Waals surface area contributed by atoms with Gasteiger partial charge in [0.05, 0.1) is 18.6 Å². The lowest BCUT2D eigenvalue weighted by Gasteiger charge is -2.47. The van der Waals surface area contributed by atoms with Crippen molar-refractivity contribution >= 4 is 11.9 Å². The Kier molecular flexibility index (Phi) is 9.56. The summed E-state index contributed by atoms with van der Waals surface area (Å²) in [6, 6.07) is 15.9. The van der Waals surface area contributed by atoms with Crippen molar-refractivity contribution in [2.75, 3.05) is 20.2 Å². The molecule has 3 aliphatic rings. The van der Waals surface area contributed by atoms with E-state index in [1.165, 1.54) is 39.5 Å². The predicted molar refractivity (Wildman–Crippen MR) is 156 cm³/mol. The third-order valence-electron chi connectivity index (χ3n) is 8.73. The Balaban J connectivity index is 0.000000546. The number of rotatable bonds is 5. The number of carbonyl (C=O) groups excluding carboxylic acids is 1. The Morgan fingerprint density at radius 2 is 1.77 bits per heavy atom. The number of carboxylic acids is 1. The molecule has 3 N–H and O–H groups in total. The summed E-state index contributed by atoms with van der Waals surface area (Å²) in [5.41, 5.74) is 2.88. The van der Waals surface area contributed by atoms with E-state index in [0.717, 1.165) is 23.1 Å². The molecule has 1 fully saturated rings. The van der Waals surface area contributed by atoms with Crippen molar-refractivity contribution in [1.82, 2.24) is 10.6 Å². The highest BCUT2D eigenvalue weighted by Crippen LogP contribution is 2.51. The molecule has 0 radical (unpaired) electrons. The van der Waals surface area contributed by atoms with Crippen LogP contribution >= 0.6 is 0 Å². The van der Waals surface area contributed by atoms with Gasteiger partial charge in [0.1, 0.15) is 11.9 Å². The van der Waals surface area contributed by atoms with E-state index < -0.39 is 29.3 Å². The molecule has 7 nitrogen and oxygen atoms in total. The second-order valence-corrected chi connectivity index (χ2v) is 11.5. The number of carboxylic acid groups (broad SMARTS) is 1. The summed E-state index contributed by atoms with van der Waals surface area (Å²) in [4.78, 5) is 25.7. The van der Waals surface area contributed by atoms with Crippen molar-refractivity contribution in [2.45, 2.75) is 77.4 Å². The zero-order chi connectivity index (χ0) is 28.9. The van der Waals surface area contributed by atoms with E-state index in [2.05, 4.69) is 29.7 Å². The molecule has 5 unspecified atom stereocenters. The number of carbonyl (C=O) groups is 2. The molecule has 2 aromatic rings. The lowest BCUT2D eigenvalue weighted by Crippen LogP contribution is -2.57. The van der Waals surface area contributed by atoms with Crippen molar-refractivity contribution in [3.8, 4) is 5.75 Å². The van der Waals surface area contributed by atoms with Crippen LogP contribution in [0.15, 0.2) is 59.8 Å². The van der Waals surface area contributed by atoms with Gasteiger partial charge in [0.2, 0.25) is 0 Å². The first-order valence-corrected chi connectivity index (χ1v) is 14.6. The molecule has 3 heterocycles. The molecule has 1 saturated heterocycles. The van der Waals surface area contributed by atoms with Crippen LogP contribution in [0, 0.1) is 11.8 Å². The number of fused-ring (bicyclic) bond motifs is 1. The molecule has 216 valence electrons. The first kappa shape index (κ1) is 29.7. The Labute approximate surface area is 238 Å². The van der Waals surface area contributed by atoms with Gasteiger partial charge in [-0.15, -0.1) is 0 Å². The standard InChI is InChI=1S/C28H33NO5.C5H11N/c1-6-28(4)23(27(32)33-5)22(21(26(30)31)17(3)29-28)20-14-10-13-19-15-16(2)24(34-25(19)20)18-11-8-7-9-12-18;1-2-4-6-5-3-1/h7-14,16,22-24,29H,6,15H2,1-5H3,(H,30,31);6H,1-5H2. The lowest BCUT2D eigenvalue weighted by atomic mass is 9.66. The van der Waals surface area contributed by atoms with Crippen LogP contribution in [-0.4, -0.2) is 42.8 Å². The van der Waals surface area contributed by atoms with Crippen LogP contribution in [0.3, 0.4) is 0 Å². The Hall–Kier alpha value is -3.32. The van der Waals surface area contributed by atoms with Gasteiger partial charge in [0.15, 0.2) is 0 Å². The van der Waals surface area contributed by atoms with Gasteiger partial charge in [-0.2, -0.15) is 0 Å². The maximum absolute atomic E-state index is 13.2. The predicted octanol–water partition coefficient (Wildman–Crippen LogP) is 5.76. The second-order valence-electron chi connectivity index (χ2n) is 11.5. The summed E-state index contributed by atoms with van der Waals surface area (Å²) >= 11 is 0. The van der Waals surface area contributed by atoms with Gasteiger partial charge in [0.25, 0.3) is 0 Å². The minimum atomic E-state index is -1.05. The minimum absolute atomic E-state index is 0.163. The summed E-state index contributed by atoms with van der Waals surface area (Å²) in [5.74, 6) is -2.01. The van der Waals surface area contributed by atoms with Gasteiger partial charge < -0.3 is 25.2 Å². The number of nitrogens with one attached hydrogen (secondary N) is 2. The summed E-state index contributed by atoms with van der Waals surface area (Å²) < 4.78 is 11.9. The second kappa shape index (κ2) is 12.9. The number of aliphatic carboxylic acids is 1. The molecular formula is C33H44N2O5. The highest BCUT2D eigenvalue weighted by atomic mass is 16.5. The molecule has 0 bridgehead atoms. The zero-order valence-electron chi connectivity index (χ0n) is 24.5. The molecular weight excluding hydrogens is 504 g/mol. The number of esters is 1. The average Bonchev–Trinajstić information content (AvgIpc) is 2.97. The van der Waals surface area contributed by atoms with Crippen LogP contribution in [0.2, 0.25) is 0 Å². The first-order valence-electron chi connectivity index (χ1n) is 14.6. The lowest BCUT2D eigenvalue weighted by molar-refractivity contribution is -0.149. The van der Waals surface area contributed by atoms with E-state index in [-0.39, 0.29) is 17.6 Å². The largest absolute Gasteiger partial charge is 0.485 e. The molecule has 5 rings (SSSR count). The van der Waals surface area contributed by atoms with Crippen LogP contribution in [0.1, 0.15) is 82.1 Å². The number of allylic oxidation sites excluding steroid dienone is 1. The number of methoxy groups -OCH3 is 1. The van der Waals surface area contributed by atoms with Gasteiger partial charge in [0, 0.05) is 28.6 Å². The maximum atomic E-state index is 13.2. The van der Waals surface area contributed by atoms with Gasteiger partial charge in [-0.1, -0.05) is 68.8 Å². The van der Waals surface area contributed by atoms with Crippen LogP contribution in [-0.2, 0) is 20.7 Å². The Bertz CT molecular complexity index is 1210. The minimum Gasteiger partial charge on any atom is -0.485 e. The molecule has 7 heteroatoms. The fourth-order valence-electron chi connectivity index (χ4n) is 6.49. The molecule has 3 aliphatic heterocycles. The van der Waals surface area contributed by atoms with Gasteiger partial charge in [-0.3, -0.25) is 4.79 Å². The monoisotopic (exact) mass is 548 g/mol. The number of hydrogen-bond donors (Lipinski definition) is 3. The molecule has 0 spiro atoms. The van der Waals surface area contributed by atoms with E-state index in [0.29, 0.717) is 17.9 Å². The van der Waals surface area contributed by atoms with Gasteiger partial charge in [-0.25, -0.2) is 4.79 Å².